The Morgan fingerprint density at radius 1 is 1.22 bits per heavy atom. The number of ether oxygens (including phenoxy) is 1. The zero-order valence-electron chi connectivity index (χ0n) is 15.4. The van der Waals surface area contributed by atoms with Crippen molar-refractivity contribution >= 4 is 11.8 Å². The Kier molecular flexibility index (Phi) is 3.48. The third-order valence-corrected chi connectivity index (χ3v) is 6.91. The number of guanidine groups is 1. The Morgan fingerprint density at radius 2 is 1.96 bits per heavy atom. The molecule has 1 aromatic rings. The first-order chi connectivity index (χ1) is 12.9. The summed E-state index contributed by atoms with van der Waals surface area (Å²) < 4.78 is 33.7. The van der Waals surface area contributed by atoms with Crippen molar-refractivity contribution in [3.8, 4) is 0 Å². The highest BCUT2D eigenvalue weighted by Crippen LogP contribution is 2.62. The number of fused-ring (bicyclic) bond motifs is 5. The van der Waals surface area contributed by atoms with E-state index in [-0.39, 0.29) is 17.5 Å². The van der Waals surface area contributed by atoms with Gasteiger partial charge >= 0.3 is 0 Å². The summed E-state index contributed by atoms with van der Waals surface area (Å²) in [6, 6.07) is 8.22. The van der Waals surface area contributed by atoms with Crippen LogP contribution < -0.4 is 5.73 Å². The Balaban J connectivity index is 1.69. The molecule has 1 unspecified atom stereocenters. The first-order valence-electron chi connectivity index (χ1n) is 9.58. The molecule has 27 heavy (non-hydrogen) atoms. The predicted molar refractivity (Wildman–Crippen MR) is 99.1 cm³/mol. The Morgan fingerprint density at radius 3 is 2.70 bits per heavy atom. The van der Waals surface area contributed by atoms with E-state index in [2.05, 4.69) is 17.1 Å². The van der Waals surface area contributed by atoms with Crippen molar-refractivity contribution in [2.75, 3.05) is 20.2 Å². The molecule has 0 aromatic heterocycles. The van der Waals surface area contributed by atoms with Gasteiger partial charge in [0.15, 0.2) is 11.5 Å². The minimum atomic E-state index is -2.88. The van der Waals surface area contributed by atoms with Crippen LogP contribution >= 0.6 is 0 Å². The van der Waals surface area contributed by atoms with Crippen LogP contribution in [0.25, 0.3) is 0 Å². The van der Waals surface area contributed by atoms with Gasteiger partial charge in [-0.1, -0.05) is 24.3 Å². The van der Waals surface area contributed by atoms with Crippen LogP contribution in [0, 0.1) is 5.41 Å². The minimum absolute atomic E-state index is 0.165. The molecule has 5 nitrogen and oxygen atoms in total. The first kappa shape index (κ1) is 17.1. The highest BCUT2D eigenvalue weighted by molar-refractivity contribution is 6.11. The zero-order valence-corrected chi connectivity index (χ0v) is 15.4. The maximum atomic E-state index is 14.0. The number of halogens is 2. The second kappa shape index (κ2) is 5.50. The summed E-state index contributed by atoms with van der Waals surface area (Å²) in [6.07, 6.45) is 4.82. The van der Waals surface area contributed by atoms with Gasteiger partial charge < -0.3 is 10.5 Å². The SMILES string of the molecule is COC1CCC2(CC1)Cc1ccccc1C21N=C(N)N2CC(F)(F)CN=C21. The van der Waals surface area contributed by atoms with Crippen LogP contribution in [0.2, 0.25) is 0 Å². The smallest absolute Gasteiger partial charge is 0.284 e. The Labute approximate surface area is 157 Å². The van der Waals surface area contributed by atoms with Gasteiger partial charge in [-0.15, -0.1) is 0 Å². The summed E-state index contributed by atoms with van der Waals surface area (Å²) in [5, 5.41) is 0. The highest BCUT2D eigenvalue weighted by atomic mass is 19.3. The number of alkyl halides is 2. The van der Waals surface area contributed by atoms with Crippen LogP contribution in [-0.4, -0.2) is 48.9 Å². The van der Waals surface area contributed by atoms with Gasteiger partial charge in [-0.05, 0) is 43.2 Å². The lowest BCUT2D eigenvalue weighted by Crippen LogP contribution is -2.57. The van der Waals surface area contributed by atoms with E-state index in [0.717, 1.165) is 37.7 Å². The summed E-state index contributed by atoms with van der Waals surface area (Å²) in [4.78, 5) is 10.8. The lowest BCUT2D eigenvalue weighted by Gasteiger charge is -2.47. The number of methoxy groups -OCH3 is 1. The highest BCUT2D eigenvalue weighted by Gasteiger charge is 2.66. The van der Waals surface area contributed by atoms with Gasteiger partial charge in [-0.25, -0.2) is 13.8 Å². The molecule has 1 fully saturated rings. The van der Waals surface area contributed by atoms with Gasteiger partial charge in [0, 0.05) is 12.5 Å². The van der Waals surface area contributed by atoms with Crippen molar-refractivity contribution in [2.45, 2.75) is 49.7 Å². The molecule has 0 bridgehead atoms. The summed E-state index contributed by atoms with van der Waals surface area (Å²) in [6.45, 7) is -0.940. The Hall–Kier alpha value is -2.02. The summed E-state index contributed by atoms with van der Waals surface area (Å²) >= 11 is 0. The van der Waals surface area contributed by atoms with Gasteiger partial charge in [-0.3, -0.25) is 9.89 Å². The maximum absolute atomic E-state index is 14.0. The van der Waals surface area contributed by atoms with E-state index in [1.54, 1.807) is 7.11 Å². The molecule has 2 aliphatic heterocycles. The number of aliphatic imine (C=N–C) groups is 2. The molecular weight excluding hydrogens is 350 g/mol. The zero-order chi connectivity index (χ0) is 18.9. The molecule has 2 N–H and O–H groups in total. The first-order valence-corrected chi connectivity index (χ1v) is 9.58. The van der Waals surface area contributed by atoms with E-state index in [9.17, 15) is 8.78 Å². The fraction of sp³-hybridized carbons (Fsp3) is 0.600. The number of nitrogens with two attached hydrogens (primary N) is 1. The number of rotatable bonds is 1. The number of benzene rings is 1. The molecule has 1 atom stereocenters. The number of hydrogen-bond donors (Lipinski definition) is 1. The van der Waals surface area contributed by atoms with Crippen molar-refractivity contribution in [1.29, 1.82) is 0 Å². The number of hydrogen-bond acceptors (Lipinski definition) is 5. The molecule has 1 saturated carbocycles. The molecule has 7 heteroatoms. The average Bonchev–Trinajstić information content (AvgIpc) is 3.08. The van der Waals surface area contributed by atoms with Crippen LogP contribution in [0.4, 0.5) is 8.78 Å². The van der Waals surface area contributed by atoms with Crippen molar-refractivity contribution in [2.24, 2.45) is 21.1 Å². The monoisotopic (exact) mass is 374 g/mol. The van der Waals surface area contributed by atoms with Crippen molar-refractivity contribution < 1.29 is 13.5 Å². The number of nitrogens with zero attached hydrogens (tertiary/aromatic N) is 3. The van der Waals surface area contributed by atoms with E-state index < -0.39 is 24.6 Å². The van der Waals surface area contributed by atoms with Gasteiger partial charge in [0.1, 0.15) is 12.4 Å². The van der Waals surface area contributed by atoms with Crippen molar-refractivity contribution in [3.05, 3.63) is 35.4 Å². The summed E-state index contributed by atoms with van der Waals surface area (Å²) in [5.74, 6) is -2.10. The molecule has 1 aromatic carbocycles. The molecular formula is C20H24F2N4O. The standard InChI is InChI=1S/C20H24F2N4O/c1-27-14-6-8-18(9-7-14)10-13-4-2-3-5-15(13)20(18)16-24-11-19(21,22)12-26(16)17(23)25-20/h2-5,14H,6-12H2,1H3,(H2,23,25). The predicted octanol–water partition coefficient (Wildman–Crippen LogP) is 2.69. The van der Waals surface area contributed by atoms with Crippen molar-refractivity contribution in [3.63, 3.8) is 0 Å². The molecule has 4 aliphatic rings. The van der Waals surface area contributed by atoms with Gasteiger partial charge in [0.05, 0.1) is 12.6 Å². The van der Waals surface area contributed by atoms with Crippen LogP contribution in [0.5, 0.6) is 0 Å². The molecule has 144 valence electrons. The third kappa shape index (κ3) is 2.18. The van der Waals surface area contributed by atoms with E-state index in [0.29, 0.717) is 5.84 Å². The molecule has 2 heterocycles. The van der Waals surface area contributed by atoms with Gasteiger partial charge in [0.2, 0.25) is 0 Å². The van der Waals surface area contributed by atoms with E-state index in [4.69, 9.17) is 15.5 Å². The van der Waals surface area contributed by atoms with E-state index in [1.807, 2.05) is 12.1 Å². The third-order valence-electron chi connectivity index (χ3n) is 6.91. The normalized spacial score (nSPS) is 36.6. The summed E-state index contributed by atoms with van der Waals surface area (Å²) in [7, 11) is 1.75. The fourth-order valence-electron chi connectivity index (χ4n) is 5.67. The average molecular weight is 374 g/mol. The molecule has 0 radical (unpaired) electrons. The maximum Gasteiger partial charge on any atom is 0.284 e. The number of amidine groups is 1. The lowest BCUT2D eigenvalue weighted by atomic mass is 9.61. The van der Waals surface area contributed by atoms with Crippen molar-refractivity contribution in [1.82, 2.24) is 4.90 Å². The molecule has 5 rings (SSSR count). The van der Waals surface area contributed by atoms with Gasteiger partial charge in [0.25, 0.3) is 5.92 Å². The van der Waals surface area contributed by atoms with Gasteiger partial charge in [-0.2, -0.15) is 0 Å². The fourth-order valence-corrected chi connectivity index (χ4v) is 5.67. The second-order valence-corrected chi connectivity index (χ2v) is 8.31. The van der Waals surface area contributed by atoms with Crippen LogP contribution in [0.15, 0.2) is 34.3 Å². The van der Waals surface area contributed by atoms with E-state index in [1.165, 1.54) is 10.5 Å². The molecule has 0 amide bonds. The molecule has 2 spiro atoms. The topological polar surface area (TPSA) is 63.2 Å². The molecule has 2 aliphatic carbocycles. The lowest BCUT2D eigenvalue weighted by molar-refractivity contribution is -0.00915. The molecule has 0 saturated heterocycles. The quantitative estimate of drug-likeness (QED) is 0.822. The van der Waals surface area contributed by atoms with Crippen LogP contribution in [0.1, 0.15) is 36.8 Å². The largest absolute Gasteiger partial charge is 0.381 e. The summed E-state index contributed by atoms with van der Waals surface area (Å²) in [5.41, 5.74) is 7.58. The second-order valence-electron chi connectivity index (χ2n) is 8.31. The van der Waals surface area contributed by atoms with Crippen LogP contribution in [-0.2, 0) is 16.7 Å². The van der Waals surface area contributed by atoms with Crippen LogP contribution in [0.3, 0.4) is 0 Å². The Bertz CT molecular complexity index is 844. The minimum Gasteiger partial charge on any atom is -0.381 e. The van der Waals surface area contributed by atoms with E-state index >= 15 is 0 Å².